The third-order valence-corrected chi connectivity index (χ3v) is 3.60. The average Bonchev–Trinajstić information content (AvgIpc) is 2.90. The van der Waals surface area contributed by atoms with Gasteiger partial charge in [-0.3, -0.25) is 4.79 Å². The minimum atomic E-state index is 0.0300. The fourth-order valence-corrected chi connectivity index (χ4v) is 2.76. The van der Waals surface area contributed by atoms with Gasteiger partial charge in [0, 0.05) is 25.4 Å². The van der Waals surface area contributed by atoms with E-state index in [2.05, 4.69) is 23.2 Å². The molecule has 3 nitrogen and oxygen atoms in total. The van der Waals surface area contributed by atoms with E-state index in [1.165, 1.54) is 11.1 Å². The second kappa shape index (κ2) is 4.33. The zero-order valence-electron chi connectivity index (χ0n) is 10.4. The smallest absolute Gasteiger partial charge is 0.220 e. The summed E-state index contributed by atoms with van der Waals surface area (Å²) in [4.78, 5) is 17.0. The lowest BCUT2D eigenvalue weighted by Crippen LogP contribution is -2.39. The number of H-pyrrole nitrogens is 1. The van der Waals surface area contributed by atoms with E-state index in [1.54, 1.807) is 6.92 Å². The third-order valence-electron chi connectivity index (χ3n) is 3.60. The summed E-state index contributed by atoms with van der Waals surface area (Å²) in [6.45, 7) is 2.43. The Balaban J connectivity index is 2.12. The van der Waals surface area contributed by atoms with Gasteiger partial charge in [0.2, 0.25) is 5.91 Å². The molecule has 0 bridgehead atoms. The van der Waals surface area contributed by atoms with Crippen molar-refractivity contribution in [3.8, 4) is 0 Å². The molecule has 1 aromatic carbocycles. The fraction of sp³-hybridized carbons (Fsp3) is 0.267. The summed E-state index contributed by atoms with van der Waals surface area (Å²) in [5, 5.41) is 0. The van der Waals surface area contributed by atoms with Crippen molar-refractivity contribution in [1.82, 2.24) is 9.88 Å². The highest BCUT2D eigenvalue weighted by molar-refractivity contribution is 5.75. The number of hydrogen-bond donors (Lipinski definition) is 1. The van der Waals surface area contributed by atoms with E-state index < -0.39 is 0 Å². The Morgan fingerprint density at radius 3 is 2.83 bits per heavy atom. The molecular formula is C15H16N2O. The van der Waals surface area contributed by atoms with Gasteiger partial charge in [-0.2, -0.15) is 0 Å². The van der Waals surface area contributed by atoms with Crippen molar-refractivity contribution in [1.29, 1.82) is 0 Å². The Labute approximate surface area is 106 Å². The van der Waals surface area contributed by atoms with Gasteiger partial charge < -0.3 is 9.88 Å². The molecule has 2 aromatic rings. The van der Waals surface area contributed by atoms with Crippen LogP contribution in [0.4, 0.5) is 0 Å². The second-order valence-electron chi connectivity index (χ2n) is 4.69. The number of carbonyl (C=O) groups is 1. The maximum atomic E-state index is 11.8. The van der Waals surface area contributed by atoms with Gasteiger partial charge in [0.25, 0.3) is 0 Å². The lowest BCUT2D eigenvalue weighted by atomic mass is 9.91. The molecule has 1 aromatic heterocycles. The SMILES string of the molecule is CC(=O)N1CCc2ccccc2C1c1ccc[nH]1. The Bertz CT molecular complexity index is 560. The number of hydrogen-bond acceptors (Lipinski definition) is 1. The van der Waals surface area contributed by atoms with Crippen molar-refractivity contribution in [3.05, 3.63) is 59.4 Å². The van der Waals surface area contributed by atoms with Gasteiger partial charge in [-0.15, -0.1) is 0 Å². The van der Waals surface area contributed by atoms with Gasteiger partial charge in [-0.1, -0.05) is 24.3 Å². The van der Waals surface area contributed by atoms with Crippen LogP contribution in [0.3, 0.4) is 0 Å². The molecule has 3 rings (SSSR count). The van der Waals surface area contributed by atoms with Crippen molar-refractivity contribution in [2.75, 3.05) is 6.54 Å². The first kappa shape index (κ1) is 11.1. The molecule has 1 N–H and O–H groups in total. The third kappa shape index (κ3) is 1.72. The van der Waals surface area contributed by atoms with Crippen LogP contribution in [0.1, 0.15) is 29.8 Å². The van der Waals surface area contributed by atoms with Crippen LogP contribution in [0.2, 0.25) is 0 Å². The Morgan fingerprint density at radius 1 is 1.28 bits per heavy atom. The first-order valence-corrected chi connectivity index (χ1v) is 6.25. The lowest BCUT2D eigenvalue weighted by molar-refractivity contribution is -0.130. The van der Waals surface area contributed by atoms with E-state index in [-0.39, 0.29) is 11.9 Å². The van der Waals surface area contributed by atoms with E-state index in [0.29, 0.717) is 0 Å². The minimum Gasteiger partial charge on any atom is -0.363 e. The second-order valence-corrected chi connectivity index (χ2v) is 4.69. The molecule has 0 saturated heterocycles. The Kier molecular flexibility index (Phi) is 2.67. The molecule has 18 heavy (non-hydrogen) atoms. The van der Waals surface area contributed by atoms with Gasteiger partial charge in [0.1, 0.15) is 0 Å². The number of amides is 1. The number of nitrogens with zero attached hydrogens (tertiary/aromatic N) is 1. The minimum absolute atomic E-state index is 0.0300. The molecule has 0 fully saturated rings. The van der Waals surface area contributed by atoms with Crippen molar-refractivity contribution >= 4 is 5.91 Å². The van der Waals surface area contributed by atoms with Crippen LogP contribution in [-0.2, 0) is 11.2 Å². The topological polar surface area (TPSA) is 36.1 Å². The van der Waals surface area contributed by atoms with E-state index in [9.17, 15) is 4.79 Å². The molecule has 2 heterocycles. The van der Waals surface area contributed by atoms with Gasteiger partial charge >= 0.3 is 0 Å². The zero-order chi connectivity index (χ0) is 12.5. The van der Waals surface area contributed by atoms with Crippen LogP contribution in [0.5, 0.6) is 0 Å². The summed E-state index contributed by atoms with van der Waals surface area (Å²) < 4.78 is 0. The van der Waals surface area contributed by atoms with Crippen LogP contribution in [-0.4, -0.2) is 22.3 Å². The molecule has 1 atom stereocenters. The van der Waals surface area contributed by atoms with Gasteiger partial charge in [0.15, 0.2) is 0 Å². The number of nitrogens with one attached hydrogen (secondary N) is 1. The number of rotatable bonds is 1. The predicted octanol–water partition coefficient (Wildman–Crippen LogP) is 2.51. The summed E-state index contributed by atoms with van der Waals surface area (Å²) in [6, 6.07) is 12.4. The van der Waals surface area contributed by atoms with Gasteiger partial charge in [0.05, 0.1) is 6.04 Å². The molecule has 1 aliphatic rings. The van der Waals surface area contributed by atoms with Crippen LogP contribution in [0.15, 0.2) is 42.6 Å². The highest BCUT2D eigenvalue weighted by atomic mass is 16.2. The van der Waals surface area contributed by atoms with Crippen molar-refractivity contribution in [2.24, 2.45) is 0 Å². The fourth-order valence-electron chi connectivity index (χ4n) is 2.76. The zero-order valence-corrected chi connectivity index (χ0v) is 10.4. The molecule has 0 aliphatic carbocycles. The summed E-state index contributed by atoms with van der Waals surface area (Å²) in [7, 11) is 0. The molecule has 0 saturated carbocycles. The first-order chi connectivity index (χ1) is 8.77. The summed E-state index contributed by atoms with van der Waals surface area (Å²) in [6.07, 6.45) is 2.85. The van der Waals surface area contributed by atoms with Crippen LogP contribution < -0.4 is 0 Å². The number of aromatic amines is 1. The number of carbonyl (C=O) groups excluding carboxylic acids is 1. The predicted molar refractivity (Wildman–Crippen MR) is 70.2 cm³/mol. The van der Waals surface area contributed by atoms with Crippen LogP contribution >= 0.6 is 0 Å². The van der Waals surface area contributed by atoms with Gasteiger partial charge in [-0.05, 0) is 29.7 Å². The quantitative estimate of drug-likeness (QED) is 0.817. The molecule has 1 amide bonds. The number of aromatic nitrogens is 1. The van der Waals surface area contributed by atoms with Gasteiger partial charge in [-0.25, -0.2) is 0 Å². The van der Waals surface area contributed by atoms with Crippen LogP contribution in [0, 0.1) is 0 Å². The summed E-state index contributed by atoms with van der Waals surface area (Å²) in [5.41, 5.74) is 3.66. The van der Waals surface area contributed by atoms with Crippen molar-refractivity contribution in [3.63, 3.8) is 0 Å². The molecule has 0 spiro atoms. The molecular weight excluding hydrogens is 224 g/mol. The Morgan fingerprint density at radius 2 is 2.11 bits per heavy atom. The highest BCUT2D eigenvalue weighted by Crippen LogP contribution is 2.34. The summed E-state index contributed by atoms with van der Waals surface area (Å²) in [5.74, 6) is 0.129. The van der Waals surface area contributed by atoms with E-state index in [1.807, 2.05) is 29.3 Å². The molecule has 92 valence electrons. The maximum absolute atomic E-state index is 11.8. The molecule has 1 unspecified atom stereocenters. The average molecular weight is 240 g/mol. The number of fused-ring (bicyclic) bond motifs is 1. The first-order valence-electron chi connectivity index (χ1n) is 6.25. The maximum Gasteiger partial charge on any atom is 0.220 e. The largest absolute Gasteiger partial charge is 0.363 e. The molecule has 0 radical (unpaired) electrons. The standard InChI is InChI=1S/C15H16N2O/c1-11(18)17-10-8-12-5-2-3-6-13(12)15(17)14-7-4-9-16-14/h2-7,9,15-16H,8,10H2,1H3. The molecule has 1 aliphatic heterocycles. The van der Waals surface area contributed by atoms with E-state index in [4.69, 9.17) is 0 Å². The van der Waals surface area contributed by atoms with Crippen molar-refractivity contribution < 1.29 is 4.79 Å². The normalized spacial score (nSPS) is 18.5. The summed E-state index contributed by atoms with van der Waals surface area (Å²) >= 11 is 0. The highest BCUT2D eigenvalue weighted by Gasteiger charge is 2.30. The number of benzene rings is 1. The monoisotopic (exact) mass is 240 g/mol. The van der Waals surface area contributed by atoms with Crippen molar-refractivity contribution in [2.45, 2.75) is 19.4 Å². The Hall–Kier alpha value is -2.03. The van der Waals surface area contributed by atoms with E-state index >= 15 is 0 Å². The van der Waals surface area contributed by atoms with Crippen LogP contribution in [0.25, 0.3) is 0 Å². The van der Waals surface area contributed by atoms with E-state index in [0.717, 1.165) is 18.7 Å². The molecule has 3 heteroatoms. The lowest BCUT2D eigenvalue weighted by Gasteiger charge is -2.36.